The molecule has 0 heterocycles. The van der Waals surface area contributed by atoms with Crippen molar-refractivity contribution in [1.82, 2.24) is 10.0 Å². The van der Waals surface area contributed by atoms with Crippen LogP contribution in [0.3, 0.4) is 0 Å². The second-order valence-corrected chi connectivity index (χ2v) is 7.03. The van der Waals surface area contributed by atoms with E-state index >= 15 is 0 Å². The van der Waals surface area contributed by atoms with E-state index in [2.05, 4.69) is 10.0 Å². The number of hydrogen-bond donors (Lipinski definition) is 3. The third kappa shape index (κ3) is 5.92. The van der Waals surface area contributed by atoms with Gasteiger partial charge in [-0.05, 0) is 30.9 Å². The molecule has 0 radical (unpaired) electrons. The van der Waals surface area contributed by atoms with Crippen molar-refractivity contribution in [3.8, 4) is 0 Å². The molecular formula is C14H22ClN3O3S. The zero-order valence-electron chi connectivity index (χ0n) is 12.2. The molecule has 2 rings (SSSR count). The van der Waals surface area contributed by atoms with E-state index in [0.29, 0.717) is 12.5 Å². The summed E-state index contributed by atoms with van der Waals surface area (Å²) in [4.78, 5) is 11.8. The summed E-state index contributed by atoms with van der Waals surface area (Å²) in [6.45, 7) is 0.524. The van der Waals surface area contributed by atoms with E-state index in [1.54, 1.807) is 18.2 Å². The summed E-state index contributed by atoms with van der Waals surface area (Å²) >= 11 is 0. The quantitative estimate of drug-likeness (QED) is 0.642. The molecule has 124 valence electrons. The third-order valence-corrected chi connectivity index (χ3v) is 4.94. The molecule has 4 N–H and O–H groups in total. The lowest BCUT2D eigenvalue weighted by Crippen LogP contribution is -2.39. The molecule has 22 heavy (non-hydrogen) atoms. The molecule has 0 aliphatic heterocycles. The number of nitrogens with two attached hydrogens (primary N) is 1. The average molecular weight is 348 g/mol. The molecule has 0 aromatic heterocycles. The van der Waals surface area contributed by atoms with Gasteiger partial charge in [-0.15, -0.1) is 12.4 Å². The fourth-order valence-electron chi connectivity index (χ4n) is 1.99. The van der Waals surface area contributed by atoms with E-state index in [4.69, 9.17) is 5.73 Å². The minimum absolute atomic E-state index is 0. The molecule has 8 heteroatoms. The molecule has 0 bridgehead atoms. The summed E-state index contributed by atoms with van der Waals surface area (Å²) in [5.41, 5.74) is 5.87. The van der Waals surface area contributed by atoms with Gasteiger partial charge in [-0.1, -0.05) is 18.2 Å². The highest BCUT2D eigenvalue weighted by atomic mass is 35.5. The summed E-state index contributed by atoms with van der Waals surface area (Å²) in [7, 11) is -3.55. The molecule has 1 aliphatic rings. The summed E-state index contributed by atoms with van der Waals surface area (Å²) in [5.74, 6) is 0.337. The van der Waals surface area contributed by atoms with Crippen molar-refractivity contribution < 1.29 is 13.2 Å². The summed E-state index contributed by atoms with van der Waals surface area (Å²) < 4.78 is 26.2. The molecule has 1 fully saturated rings. The first-order valence-electron chi connectivity index (χ1n) is 7.06. The second kappa shape index (κ2) is 8.47. The van der Waals surface area contributed by atoms with Crippen molar-refractivity contribution in [3.63, 3.8) is 0 Å². The number of sulfonamides is 1. The van der Waals surface area contributed by atoms with Crippen LogP contribution in [0.5, 0.6) is 0 Å². The number of carbonyl (C=O) groups excluding carboxylic acids is 1. The van der Waals surface area contributed by atoms with Crippen LogP contribution < -0.4 is 15.8 Å². The first-order valence-corrected chi connectivity index (χ1v) is 8.54. The van der Waals surface area contributed by atoms with Gasteiger partial charge in [0, 0.05) is 25.6 Å². The summed E-state index contributed by atoms with van der Waals surface area (Å²) in [5, 5.41) is 2.73. The van der Waals surface area contributed by atoms with Crippen LogP contribution in [0, 0.1) is 5.92 Å². The highest BCUT2D eigenvalue weighted by Gasteiger charge is 2.28. The van der Waals surface area contributed by atoms with Crippen molar-refractivity contribution in [1.29, 1.82) is 0 Å². The fourth-order valence-corrected chi connectivity index (χ4v) is 3.05. The summed E-state index contributed by atoms with van der Waals surface area (Å²) in [6.07, 6.45) is 2.37. The highest BCUT2D eigenvalue weighted by molar-refractivity contribution is 7.89. The predicted molar refractivity (Wildman–Crippen MR) is 87.2 cm³/mol. The van der Waals surface area contributed by atoms with E-state index in [1.165, 1.54) is 12.1 Å². The Bertz CT molecular complexity index is 576. The minimum atomic E-state index is -3.55. The van der Waals surface area contributed by atoms with Gasteiger partial charge in [-0.25, -0.2) is 13.1 Å². The van der Waals surface area contributed by atoms with Gasteiger partial charge >= 0.3 is 0 Å². The lowest BCUT2D eigenvalue weighted by molar-refractivity contribution is -0.121. The maximum atomic E-state index is 11.9. The van der Waals surface area contributed by atoms with Crippen LogP contribution >= 0.6 is 12.4 Å². The first-order chi connectivity index (χ1) is 9.99. The molecule has 1 aromatic carbocycles. The number of amides is 1. The van der Waals surface area contributed by atoms with Gasteiger partial charge in [0.1, 0.15) is 0 Å². The van der Waals surface area contributed by atoms with E-state index < -0.39 is 10.0 Å². The van der Waals surface area contributed by atoms with Gasteiger partial charge in [0.2, 0.25) is 15.9 Å². The monoisotopic (exact) mass is 347 g/mol. The second-order valence-electron chi connectivity index (χ2n) is 5.27. The van der Waals surface area contributed by atoms with Crippen LogP contribution in [0.25, 0.3) is 0 Å². The van der Waals surface area contributed by atoms with E-state index in [9.17, 15) is 13.2 Å². The molecule has 0 spiro atoms. The Morgan fingerprint density at radius 3 is 2.50 bits per heavy atom. The van der Waals surface area contributed by atoms with E-state index in [1.807, 2.05) is 0 Å². The number of halogens is 1. The normalized spacial score (nSPS) is 15.7. The maximum absolute atomic E-state index is 11.9. The molecule has 1 unspecified atom stereocenters. The number of rotatable bonds is 8. The van der Waals surface area contributed by atoms with Crippen molar-refractivity contribution in [2.75, 3.05) is 13.1 Å². The van der Waals surface area contributed by atoms with Crippen molar-refractivity contribution in [3.05, 3.63) is 30.3 Å². The topological polar surface area (TPSA) is 101 Å². The Morgan fingerprint density at radius 2 is 1.91 bits per heavy atom. The molecular weight excluding hydrogens is 326 g/mol. The number of hydrogen-bond acceptors (Lipinski definition) is 4. The van der Waals surface area contributed by atoms with Crippen LogP contribution in [0.4, 0.5) is 0 Å². The largest absolute Gasteiger partial charge is 0.354 e. The van der Waals surface area contributed by atoms with Crippen LogP contribution in [-0.4, -0.2) is 33.5 Å². The lowest BCUT2D eigenvalue weighted by Gasteiger charge is -2.11. The summed E-state index contributed by atoms with van der Waals surface area (Å²) in [6, 6.07) is 8.08. The van der Waals surface area contributed by atoms with E-state index in [0.717, 1.165) is 12.8 Å². The number of benzene rings is 1. The van der Waals surface area contributed by atoms with Gasteiger partial charge in [-0.3, -0.25) is 4.79 Å². The van der Waals surface area contributed by atoms with Crippen LogP contribution in [-0.2, 0) is 14.8 Å². The predicted octanol–water partition coefficient (Wildman–Crippen LogP) is 0.630. The standard InChI is InChI=1S/C14H21N3O3S.ClH/c15-13(11-6-7-11)10-16-14(18)8-9-17-21(19,20)12-4-2-1-3-5-12;/h1-5,11,13,17H,6-10,15H2,(H,16,18);1H. The fraction of sp³-hybridized carbons (Fsp3) is 0.500. The van der Waals surface area contributed by atoms with Gasteiger partial charge in [0.05, 0.1) is 4.90 Å². The Hall–Kier alpha value is -1.15. The third-order valence-electron chi connectivity index (χ3n) is 3.46. The number of carbonyl (C=O) groups is 1. The van der Waals surface area contributed by atoms with Gasteiger partial charge in [-0.2, -0.15) is 0 Å². The van der Waals surface area contributed by atoms with Crippen molar-refractivity contribution in [2.45, 2.75) is 30.2 Å². The molecule has 0 saturated heterocycles. The van der Waals surface area contributed by atoms with Crippen LogP contribution in [0.2, 0.25) is 0 Å². The molecule has 1 atom stereocenters. The SMILES string of the molecule is Cl.NC(CNC(=O)CCNS(=O)(=O)c1ccccc1)C1CC1. The number of nitrogens with one attached hydrogen (secondary N) is 2. The molecule has 1 aromatic rings. The minimum Gasteiger partial charge on any atom is -0.354 e. The van der Waals surface area contributed by atoms with Gasteiger partial charge < -0.3 is 11.1 Å². The molecule has 6 nitrogen and oxygen atoms in total. The zero-order chi connectivity index (χ0) is 15.3. The average Bonchev–Trinajstić information content (AvgIpc) is 3.30. The Labute approximate surface area is 137 Å². The Kier molecular flexibility index (Phi) is 7.28. The van der Waals surface area contributed by atoms with E-state index in [-0.39, 0.29) is 42.2 Å². The van der Waals surface area contributed by atoms with Crippen molar-refractivity contribution in [2.24, 2.45) is 11.7 Å². The molecule has 1 saturated carbocycles. The Morgan fingerprint density at radius 1 is 1.27 bits per heavy atom. The van der Waals surface area contributed by atoms with Gasteiger partial charge in [0.25, 0.3) is 0 Å². The molecule has 1 amide bonds. The van der Waals surface area contributed by atoms with Gasteiger partial charge in [0.15, 0.2) is 0 Å². The highest BCUT2D eigenvalue weighted by Crippen LogP contribution is 2.31. The first kappa shape index (κ1) is 18.9. The maximum Gasteiger partial charge on any atom is 0.240 e. The van der Waals surface area contributed by atoms with Crippen LogP contribution in [0.15, 0.2) is 35.2 Å². The Balaban J connectivity index is 0.00000242. The van der Waals surface area contributed by atoms with Crippen molar-refractivity contribution >= 4 is 28.3 Å². The zero-order valence-corrected chi connectivity index (χ0v) is 13.8. The van der Waals surface area contributed by atoms with Crippen LogP contribution in [0.1, 0.15) is 19.3 Å². The molecule has 1 aliphatic carbocycles. The lowest BCUT2D eigenvalue weighted by atomic mass is 10.2. The smallest absolute Gasteiger partial charge is 0.240 e.